The first-order valence-electron chi connectivity index (χ1n) is 10.6. The highest BCUT2D eigenvalue weighted by Gasteiger charge is 2.18. The van der Waals surface area contributed by atoms with Crippen LogP contribution in [-0.2, 0) is 4.79 Å². The molecule has 10 heteroatoms. The summed E-state index contributed by atoms with van der Waals surface area (Å²) in [4.78, 5) is 36.5. The van der Waals surface area contributed by atoms with Crippen LogP contribution in [0.3, 0.4) is 0 Å². The molecule has 0 spiro atoms. The van der Waals surface area contributed by atoms with Gasteiger partial charge in [-0.25, -0.2) is 0 Å². The number of hydrogen-bond acceptors (Lipinski definition) is 7. The minimum Gasteiger partial charge on any atom is -0.481 e. The summed E-state index contributed by atoms with van der Waals surface area (Å²) in [5.74, 6) is 0.896. The van der Waals surface area contributed by atoms with Crippen molar-refractivity contribution >= 4 is 23.4 Å². The molecular formula is C24H23N3O7. The summed E-state index contributed by atoms with van der Waals surface area (Å²) in [6, 6.07) is 14.7. The number of benzene rings is 2. The maximum atomic E-state index is 12.5. The van der Waals surface area contributed by atoms with Gasteiger partial charge in [-0.05, 0) is 55.5 Å². The molecule has 1 aromatic heterocycles. The zero-order valence-electron chi connectivity index (χ0n) is 18.3. The highest BCUT2D eigenvalue weighted by Crippen LogP contribution is 2.35. The predicted octanol–water partition coefficient (Wildman–Crippen LogP) is 2.57. The van der Waals surface area contributed by atoms with Crippen LogP contribution in [0.5, 0.6) is 17.2 Å². The van der Waals surface area contributed by atoms with Crippen LogP contribution in [0.2, 0.25) is 0 Å². The number of carbonyl (C=O) groups excluding carboxylic acids is 3. The minimum absolute atomic E-state index is 0.158. The Hall–Kier alpha value is -4.47. The molecule has 1 aliphatic rings. The average Bonchev–Trinajstić information content (AvgIpc) is 3.54. The Kier molecular flexibility index (Phi) is 6.97. The number of nitrogens with one attached hydrogen (secondary N) is 3. The van der Waals surface area contributed by atoms with Crippen molar-refractivity contribution in [2.45, 2.75) is 13.0 Å². The molecule has 2 aromatic carbocycles. The summed E-state index contributed by atoms with van der Waals surface area (Å²) >= 11 is 0. The Balaban J connectivity index is 1.21. The van der Waals surface area contributed by atoms with Crippen molar-refractivity contribution in [2.75, 3.05) is 25.2 Å². The average molecular weight is 465 g/mol. The number of anilines is 1. The van der Waals surface area contributed by atoms with E-state index in [-0.39, 0.29) is 43.4 Å². The van der Waals surface area contributed by atoms with Gasteiger partial charge in [-0.2, -0.15) is 0 Å². The molecule has 34 heavy (non-hydrogen) atoms. The van der Waals surface area contributed by atoms with E-state index in [0.717, 1.165) is 0 Å². The maximum Gasteiger partial charge on any atom is 0.287 e. The molecule has 3 aromatic rings. The first-order chi connectivity index (χ1) is 16.5. The third kappa shape index (κ3) is 5.66. The van der Waals surface area contributed by atoms with Crippen molar-refractivity contribution in [1.29, 1.82) is 0 Å². The van der Waals surface area contributed by atoms with Crippen LogP contribution >= 0.6 is 0 Å². The summed E-state index contributed by atoms with van der Waals surface area (Å²) in [5.41, 5.74) is 0.938. The predicted molar refractivity (Wildman–Crippen MR) is 121 cm³/mol. The monoisotopic (exact) mass is 465 g/mol. The molecule has 0 radical (unpaired) electrons. The van der Waals surface area contributed by atoms with Crippen LogP contribution in [0.15, 0.2) is 65.3 Å². The largest absolute Gasteiger partial charge is 0.481 e. The molecule has 3 N–H and O–H groups in total. The number of carbonyl (C=O) groups is 3. The van der Waals surface area contributed by atoms with Gasteiger partial charge in [-0.1, -0.05) is 0 Å². The van der Waals surface area contributed by atoms with E-state index in [1.165, 1.54) is 6.26 Å². The SMILES string of the molecule is CC(Oc1ccc2c(c1)OCO2)C(=O)Nc1ccc(C(=O)NCCNC(=O)c2ccco2)cc1. The molecule has 1 unspecified atom stereocenters. The van der Waals surface area contributed by atoms with Gasteiger partial charge in [0.25, 0.3) is 17.7 Å². The number of furan rings is 1. The van der Waals surface area contributed by atoms with Gasteiger partial charge in [0, 0.05) is 30.4 Å². The lowest BCUT2D eigenvalue weighted by atomic mass is 10.2. The molecule has 0 saturated carbocycles. The molecule has 3 amide bonds. The quantitative estimate of drug-likeness (QED) is 0.414. The lowest BCUT2D eigenvalue weighted by molar-refractivity contribution is -0.122. The second-order valence-electron chi connectivity index (χ2n) is 7.33. The summed E-state index contributed by atoms with van der Waals surface area (Å²) < 4.78 is 21.2. The van der Waals surface area contributed by atoms with E-state index in [4.69, 9.17) is 18.6 Å². The van der Waals surface area contributed by atoms with E-state index in [0.29, 0.717) is 28.5 Å². The topological polar surface area (TPSA) is 128 Å². The van der Waals surface area contributed by atoms with Gasteiger partial charge >= 0.3 is 0 Å². The smallest absolute Gasteiger partial charge is 0.287 e. The maximum absolute atomic E-state index is 12.5. The zero-order valence-corrected chi connectivity index (χ0v) is 18.3. The minimum atomic E-state index is -0.764. The Labute approximate surface area is 195 Å². The number of fused-ring (bicyclic) bond motifs is 1. The lowest BCUT2D eigenvalue weighted by Gasteiger charge is -2.15. The van der Waals surface area contributed by atoms with Gasteiger partial charge in [-0.3, -0.25) is 14.4 Å². The second-order valence-corrected chi connectivity index (χ2v) is 7.33. The van der Waals surface area contributed by atoms with Crippen molar-refractivity contribution < 1.29 is 33.0 Å². The van der Waals surface area contributed by atoms with E-state index in [1.54, 1.807) is 61.5 Å². The Morgan fingerprint density at radius 3 is 2.41 bits per heavy atom. The van der Waals surface area contributed by atoms with Crippen LogP contribution in [-0.4, -0.2) is 43.7 Å². The van der Waals surface area contributed by atoms with Gasteiger partial charge in [0.2, 0.25) is 6.79 Å². The molecule has 0 aliphatic carbocycles. The van der Waals surface area contributed by atoms with Gasteiger partial charge in [0.15, 0.2) is 23.4 Å². The molecular weight excluding hydrogens is 442 g/mol. The van der Waals surface area contributed by atoms with E-state index >= 15 is 0 Å². The standard InChI is InChI=1S/C24H23N3O7/c1-15(34-18-8-9-19-21(13-18)33-14-32-19)22(28)27-17-6-4-16(5-7-17)23(29)25-10-11-26-24(30)20-3-2-12-31-20/h2-9,12-13,15H,10-11,14H2,1H3,(H,25,29)(H,26,30)(H,27,28). The first-order valence-corrected chi connectivity index (χ1v) is 10.6. The highest BCUT2D eigenvalue weighted by molar-refractivity contribution is 5.97. The lowest BCUT2D eigenvalue weighted by Crippen LogP contribution is -2.34. The number of ether oxygens (including phenoxy) is 3. The number of amides is 3. The number of rotatable bonds is 9. The molecule has 0 fully saturated rings. The van der Waals surface area contributed by atoms with Crippen LogP contribution in [0, 0.1) is 0 Å². The fraction of sp³-hybridized carbons (Fsp3) is 0.208. The molecule has 2 heterocycles. The summed E-state index contributed by atoms with van der Waals surface area (Å²) in [7, 11) is 0. The fourth-order valence-corrected chi connectivity index (χ4v) is 3.11. The van der Waals surface area contributed by atoms with E-state index < -0.39 is 6.10 Å². The molecule has 0 bridgehead atoms. The van der Waals surface area contributed by atoms with Gasteiger partial charge in [-0.15, -0.1) is 0 Å². The van der Waals surface area contributed by atoms with Crippen LogP contribution in [0.1, 0.15) is 27.8 Å². The fourth-order valence-electron chi connectivity index (χ4n) is 3.11. The van der Waals surface area contributed by atoms with Gasteiger partial charge < -0.3 is 34.6 Å². The molecule has 0 saturated heterocycles. The van der Waals surface area contributed by atoms with Crippen molar-refractivity contribution in [2.24, 2.45) is 0 Å². The van der Waals surface area contributed by atoms with Crippen molar-refractivity contribution in [1.82, 2.24) is 10.6 Å². The van der Waals surface area contributed by atoms with Crippen molar-refractivity contribution in [3.63, 3.8) is 0 Å². The third-order valence-electron chi connectivity index (χ3n) is 4.88. The van der Waals surface area contributed by atoms with Crippen LogP contribution < -0.4 is 30.2 Å². The van der Waals surface area contributed by atoms with E-state index in [2.05, 4.69) is 16.0 Å². The summed E-state index contributed by atoms with van der Waals surface area (Å²) in [5, 5.41) is 8.11. The molecule has 1 atom stereocenters. The van der Waals surface area contributed by atoms with Crippen LogP contribution in [0.4, 0.5) is 5.69 Å². The molecule has 4 rings (SSSR count). The van der Waals surface area contributed by atoms with Crippen molar-refractivity contribution in [3.05, 3.63) is 72.2 Å². The van der Waals surface area contributed by atoms with Crippen LogP contribution in [0.25, 0.3) is 0 Å². The second kappa shape index (κ2) is 10.4. The Morgan fingerprint density at radius 1 is 0.941 bits per heavy atom. The number of hydrogen-bond donors (Lipinski definition) is 3. The van der Waals surface area contributed by atoms with Gasteiger partial charge in [0.05, 0.1) is 6.26 Å². The molecule has 176 valence electrons. The zero-order chi connectivity index (χ0) is 23.9. The van der Waals surface area contributed by atoms with Crippen molar-refractivity contribution in [3.8, 4) is 17.2 Å². The Morgan fingerprint density at radius 2 is 1.68 bits per heavy atom. The van der Waals surface area contributed by atoms with E-state index in [9.17, 15) is 14.4 Å². The summed E-state index contributed by atoms with van der Waals surface area (Å²) in [6.07, 6.45) is 0.648. The molecule has 1 aliphatic heterocycles. The molecule has 10 nitrogen and oxygen atoms in total. The Bertz CT molecular complexity index is 1160. The van der Waals surface area contributed by atoms with E-state index in [1.807, 2.05) is 0 Å². The van der Waals surface area contributed by atoms with Gasteiger partial charge in [0.1, 0.15) is 5.75 Å². The summed E-state index contributed by atoms with van der Waals surface area (Å²) in [6.45, 7) is 2.29. The first kappa shape index (κ1) is 22.7. The normalized spacial score (nSPS) is 12.5. The third-order valence-corrected chi connectivity index (χ3v) is 4.88. The highest BCUT2D eigenvalue weighted by atomic mass is 16.7.